The van der Waals surface area contributed by atoms with Crippen molar-refractivity contribution in [2.24, 2.45) is 16.3 Å². The number of hydrogen-bond donors (Lipinski definition) is 4. The molecule has 0 radical (unpaired) electrons. The smallest absolute Gasteiger partial charge is 0.227 e. The number of nitrogens with one attached hydrogen (secondary N) is 1. The minimum absolute atomic E-state index is 0.0516. The lowest BCUT2D eigenvalue weighted by Gasteiger charge is -2.50. The van der Waals surface area contributed by atoms with Crippen molar-refractivity contribution in [1.82, 2.24) is 14.8 Å². The van der Waals surface area contributed by atoms with Crippen LogP contribution in [-0.2, 0) is 9.47 Å². The average Bonchev–Trinajstić information content (AvgIpc) is 3.44. The van der Waals surface area contributed by atoms with Gasteiger partial charge in [-0.15, -0.1) is 6.42 Å². The van der Waals surface area contributed by atoms with Crippen molar-refractivity contribution in [1.29, 1.82) is 0 Å². The van der Waals surface area contributed by atoms with E-state index >= 15 is 4.39 Å². The van der Waals surface area contributed by atoms with Gasteiger partial charge >= 0.3 is 0 Å². The highest BCUT2D eigenvalue weighted by Crippen LogP contribution is 2.50. The number of piperidine rings is 1. The summed E-state index contributed by atoms with van der Waals surface area (Å²) >= 11 is 0. The standard InChI is InChI=1S/C40H47F2N5O5/c1-4-27-30(41)9-8-25-15-26(48)16-28(32(25)27)34-33(42)35-29(19-43-34)36(47-13-14-51-22-39(3,50)21-47)45-37(44-35)52-23-40-10-5-7-31(40)46(12-6-11-40)20-24-17-38(2,49)18-24/h1,8-9,15-16,19,24,31,37,44,48-50H,5-7,10-14,17-18,20-23H2,2-3H3/t24?,31?,37?,38?,39-,40+/m0/s1. The summed E-state index contributed by atoms with van der Waals surface area (Å²) in [5.74, 6) is 1.79. The van der Waals surface area contributed by atoms with E-state index in [1.165, 1.54) is 30.5 Å². The van der Waals surface area contributed by atoms with Gasteiger partial charge in [-0.2, -0.15) is 0 Å². The summed E-state index contributed by atoms with van der Waals surface area (Å²) in [5, 5.41) is 36.0. The van der Waals surface area contributed by atoms with Crippen LogP contribution in [0, 0.1) is 35.3 Å². The van der Waals surface area contributed by atoms with Gasteiger partial charge in [0.25, 0.3) is 0 Å². The number of benzene rings is 2. The second kappa shape index (κ2) is 13.2. The number of aliphatic imine (C=N–C) groups is 1. The molecule has 52 heavy (non-hydrogen) atoms. The van der Waals surface area contributed by atoms with Gasteiger partial charge in [-0.1, -0.05) is 18.4 Å². The van der Waals surface area contributed by atoms with E-state index in [0.717, 1.165) is 58.0 Å². The summed E-state index contributed by atoms with van der Waals surface area (Å²) in [6.45, 7) is 7.14. The lowest BCUT2D eigenvalue weighted by Crippen LogP contribution is -2.55. The number of pyridine rings is 1. The summed E-state index contributed by atoms with van der Waals surface area (Å²) in [7, 11) is 0. The van der Waals surface area contributed by atoms with Crippen molar-refractivity contribution in [3.8, 4) is 29.4 Å². The number of halogens is 2. The fraction of sp³-hybridized carbons (Fsp3) is 0.550. The van der Waals surface area contributed by atoms with Gasteiger partial charge in [0.05, 0.1) is 48.8 Å². The fourth-order valence-electron chi connectivity index (χ4n) is 9.71. The quantitative estimate of drug-likeness (QED) is 0.255. The Labute approximate surface area is 302 Å². The number of ether oxygens (including phenoxy) is 2. The van der Waals surface area contributed by atoms with Crippen LogP contribution in [0.25, 0.3) is 22.0 Å². The highest BCUT2D eigenvalue weighted by atomic mass is 19.1. The van der Waals surface area contributed by atoms with Crippen LogP contribution in [0.4, 0.5) is 14.5 Å². The molecule has 4 heterocycles. The lowest BCUT2D eigenvalue weighted by atomic mass is 9.70. The van der Waals surface area contributed by atoms with Gasteiger partial charge in [-0.05, 0) is 88.4 Å². The van der Waals surface area contributed by atoms with Crippen molar-refractivity contribution in [3.63, 3.8) is 0 Å². The molecule has 0 bridgehead atoms. The van der Waals surface area contributed by atoms with Gasteiger partial charge in [0.15, 0.2) is 5.82 Å². The van der Waals surface area contributed by atoms with Crippen LogP contribution in [0.5, 0.6) is 5.75 Å². The Balaban J connectivity index is 1.14. The van der Waals surface area contributed by atoms with E-state index in [-0.39, 0.29) is 52.2 Å². The molecule has 2 aromatic carbocycles. The number of fused-ring (bicyclic) bond motifs is 3. The van der Waals surface area contributed by atoms with E-state index in [1.807, 2.05) is 11.8 Å². The molecule has 4 fully saturated rings. The molecule has 0 spiro atoms. The first-order chi connectivity index (χ1) is 24.9. The Morgan fingerprint density at radius 2 is 1.90 bits per heavy atom. The van der Waals surface area contributed by atoms with Crippen LogP contribution in [0.15, 0.2) is 35.5 Å². The van der Waals surface area contributed by atoms with Crippen LogP contribution < -0.4 is 5.32 Å². The van der Waals surface area contributed by atoms with Crippen LogP contribution in [0.3, 0.4) is 0 Å². The number of aliphatic hydroxyl groups is 2. The number of nitrogens with zero attached hydrogens (tertiary/aromatic N) is 4. The van der Waals surface area contributed by atoms with Crippen LogP contribution in [-0.4, -0.2) is 106 Å². The van der Waals surface area contributed by atoms with E-state index in [0.29, 0.717) is 48.5 Å². The highest BCUT2D eigenvalue weighted by molar-refractivity contribution is 6.06. The summed E-state index contributed by atoms with van der Waals surface area (Å²) < 4.78 is 44.4. The molecule has 10 nitrogen and oxygen atoms in total. The second-order valence-corrected chi connectivity index (χ2v) is 16.2. The monoisotopic (exact) mass is 715 g/mol. The zero-order chi connectivity index (χ0) is 36.4. The number of rotatable bonds is 6. The normalized spacial score (nSPS) is 31.9. The molecule has 3 aromatic rings. The van der Waals surface area contributed by atoms with Crippen molar-refractivity contribution in [3.05, 3.63) is 53.2 Å². The fourth-order valence-corrected chi connectivity index (χ4v) is 9.71. The van der Waals surface area contributed by atoms with Gasteiger partial charge in [0.2, 0.25) is 6.35 Å². The molecule has 4 atom stereocenters. The molecule has 2 unspecified atom stereocenters. The number of amidine groups is 1. The summed E-state index contributed by atoms with van der Waals surface area (Å²) in [6, 6.07) is 5.87. The molecular weight excluding hydrogens is 668 g/mol. The third kappa shape index (κ3) is 6.41. The Kier molecular flexibility index (Phi) is 8.94. The molecule has 3 aliphatic heterocycles. The van der Waals surface area contributed by atoms with E-state index in [2.05, 4.69) is 21.1 Å². The van der Waals surface area contributed by atoms with Gasteiger partial charge < -0.3 is 35.0 Å². The van der Waals surface area contributed by atoms with E-state index in [1.54, 1.807) is 6.92 Å². The number of hydrogen-bond acceptors (Lipinski definition) is 10. The number of phenolic OH excluding ortho intramolecular Hbond substituents is 1. The molecule has 5 aliphatic rings. The first-order valence-electron chi connectivity index (χ1n) is 18.4. The number of phenols is 1. The molecule has 2 saturated heterocycles. The van der Waals surface area contributed by atoms with Crippen LogP contribution >= 0.6 is 0 Å². The number of aromatic nitrogens is 1. The highest BCUT2D eigenvalue weighted by Gasteiger charge is 2.50. The zero-order valence-corrected chi connectivity index (χ0v) is 29.8. The Morgan fingerprint density at radius 3 is 2.69 bits per heavy atom. The third-order valence-electron chi connectivity index (χ3n) is 11.9. The predicted octanol–water partition coefficient (Wildman–Crippen LogP) is 5.22. The van der Waals surface area contributed by atoms with Crippen LogP contribution in [0.1, 0.15) is 69.9 Å². The minimum Gasteiger partial charge on any atom is -0.508 e. The molecule has 2 saturated carbocycles. The molecule has 0 amide bonds. The second-order valence-electron chi connectivity index (χ2n) is 16.2. The van der Waals surface area contributed by atoms with Crippen molar-refractivity contribution >= 4 is 22.3 Å². The maximum atomic E-state index is 17.1. The molecule has 4 N–H and O–H groups in total. The van der Waals surface area contributed by atoms with E-state index < -0.39 is 29.2 Å². The largest absolute Gasteiger partial charge is 0.508 e. The molecular formula is C40H47F2N5O5. The first kappa shape index (κ1) is 35.2. The Bertz CT molecular complexity index is 1950. The van der Waals surface area contributed by atoms with Crippen molar-refractivity contribution in [2.75, 3.05) is 51.3 Å². The number of likely N-dealkylation sites (tertiary alicyclic amines) is 1. The first-order valence-corrected chi connectivity index (χ1v) is 18.4. The van der Waals surface area contributed by atoms with Gasteiger partial charge in [0, 0.05) is 41.7 Å². The summed E-state index contributed by atoms with van der Waals surface area (Å²) in [5.41, 5.74) is -1.35. The molecule has 1 aromatic heterocycles. The van der Waals surface area contributed by atoms with E-state index in [9.17, 15) is 19.7 Å². The molecule has 2 aliphatic carbocycles. The number of β-amino-alcohol motifs (C(OH)–C–C–N with tert-alkyl or cyclic N) is 1. The predicted molar refractivity (Wildman–Crippen MR) is 194 cm³/mol. The van der Waals surface area contributed by atoms with Crippen molar-refractivity contribution in [2.45, 2.75) is 82.4 Å². The lowest BCUT2D eigenvalue weighted by molar-refractivity contribution is -0.0917. The zero-order valence-electron chi connectivity index (χ0n) is 29.8. The van der Waals surface area contributed by atoms with Gasteiger partial charge in [0.1, 0.15) is 28.7 Å². The maximum absolute atomic E-state index is 17.1. The average molecular weight is 716 g/mol. The Hall–Kier alpha value is -3.86. The number of terminal acetylenes is 1. The Morgan fingerprint density at radius 1 is 1.10 bits per heavy atom. The minimum atomic E-state index is -1.18. The molecule has 276 valence electrons. The number of anilines is 1. The third-order valence-corrected chi connectivity index (χ3v) is 11.9. The van der Waals surface area contributed by atoms with Crippen LogP contribution in [0.2, 0.25) is 0 Å². The maximum Gasteiger partial charge on any atom is 0.227 e. The van der Waals surface area contributed by atoms with Gasteiger partial charge in [-0.25, -0.2) is 13.8 Å². The summed E-state index contributed by atoms with van der Waals surface area (Å²) in [6.07, 6.45) is 13.3. The SMILES string of the molecule is C#Cc1c(F)ccc2cc(O)cc(-c3ncc4c(c3F)NC(OC[C@]35CCCC3N(CC3CC(C)(O)C3)CCC5)N=C4N3CCOC[C@@](C)(O)C3)c12. The topological polar surface area (TPSA) is 123 Å². The van der Waals surface area contributed by atoms with Crippen molar-refractivity contribution < 1.29 is 33.6 Å². The summed E-state index contributed by atoms with van der Waals surface area (Å²) in [4.78, 5) is 14.0. The van der Waals surface area contributed by atoms with E-state index in [4.69, 9.17) is 20.9 Å². The van der Waals surface area contributed by atoms with Gasteiger partial charge in [-0.3, -0.25) is 9.88 Å². The number of aromatic hydroxyl groups is 1. The molecule has 12 heteroatoms. The molecule has 8 rings (SSSR count).